The number of nitrogens with two attached hydrogens (primary N) is 1. The van der Waals surface area contributed by atoms with Gasteiger partial charge in [0.15, 0.2) is 0 Å². The first-order valence-electron chi connectivity index (χ1n) is 9.94. The van der Waals surface area contributed by atoms with Crippen LogP contribution < -0.4 is 11.1 Å². The summed E-state index contributed by atoms with van der Waals surface area (Å²) >= 11 is 0. The Morgan fingerprint density at radius 3 is 2.50 bits per heavy atom. The molecule has 154 valence electrons. The molecule has 2 unspecified atom stereocenters. The number of benzene rings is 1. The Morgan fingerprint density at radius 1 is 1.25 bits per heavy atom. The van der Waals surface area contributed by atoms with E-state index in [2.05, 4.69) is 5.32 Å². The standard InChI is InChI=1S/C21H32N4O3/c1-15(2)21(28)24(12-9-17-7-5-4-6-8-17)18-13-19(20(27)23-11-10-22)25(14-18)16(3)26/h4-8,15,18-19H,9-14,22H2,1-3H3,(H,23,27). The zero-order valence-electron chi connectivity index (χ0n) is 17.1. The van der Waals surface area contributed by atoms with Gasteiger partial charge in [0.25, 0.3) is 0 Å². The Bertz CT molecular complexity index is 677. The molecule has 3 amide bonds. The fourth-order valence-corrected chi connectivity index (χ4v) is 3.65. The van der Waals surface area contributed by atoms with Crippen molar-refractivity contribution in [2.24, 2.45) is 11.7 Å². The van der Waals surface area contributed by atoms with Gasteiger partial charge in [-0.25, -0.2) is 0 Å². The van der Waals surface area contributed by atoms with Crippen molar-refractivity contribution in [1.82, 2.24) is 15.1 Å². The first-order chi connectivity index (χ1) is 13.3. The maximum absolute atomic E-state index is 12.9. The summed E-state index contributed by atoms with van der Waals surface area (Å²) < 4.78 is 0. The second-order valence-electron chi connectivity index (χ2n) is 7.58. The molecule has 1 heterocycles. The van der Waals surface area contributed by atoms with Crippen LogP contribution in [0.2, 0.25) is 0 Å². The molecule has 1 aromatic carbocycles. The van der Waals surface area contributed by atoms with Crippen molar-refractivity contribution in [1.29, 1.82) is 0 Å². The Balaban J connectivity index is 2.16. The molecule has 1 fully saturated rings. The monoisotopic (exact) mass is 388 g/mol. The van der Waals surface area contributed by atoms with E-state index in [1.807, 2.05) is 49.1 Å². The number of carbonyl (C=O) groups excluding carboxylic acids is 3. The molecule has 0 aliphatic carbocycles. The highest BCUT2D eigenvalue weighted by Crippen LogP contribution is 2.24. The number of hydrogen-bond donors (Lipinski definition) is 2. The van der Waals surface area contributed by atoms with Crippen LogP contribution in [-0.2, 0) is 20.8 Å². The van der Waals surface area contributed by atoms with Gasteiger partial charge in [-0.1, -0.05) is 44.2 Å². The van der Waals surface area contributed by atoms with E-state index in [0.717, 1.165) is 12.0 Å². The molecule has 28 heavy (non-hydrogen) atoms. The molecule has 7 heteroatoms. The van der Waals surface area contributed by atoms with Crippen molar-refractivity contribution in [2.45, 2.75) is 45.7 Å². The van der Waals surface area contributed by atoms with Gasteiger partial charge in [-0.3, -0.25) is 14.4 Å². The molecule has 3 N–H and O–H groups in total. The third kappa shape index (κ3) is 5.55. The lowest BCUT2D eigenvalue weighted by atomic mass is 10.1. The van der Waals surface area contributed by atoms with Crippen LogP contribution in [-0.4, -0.2) is 65.8 Å². The largest absolute Gasteiger partial charge is 0.353 e. The summed E-state index contributed by atoms with van der Waals surface area (Å²) in [6.45, 7) is 6.87. The number of nitrogens with zero attached hydrogens (tertiary/aromatic N) is 2. The van der Waals surface area contributed by atoms with Gasteiger partial charge in [0, 0.05) is 39.0 Å². The van der Waals surface area contributed by atoms with Gasteiger partial charge in [-0.05, 0) is 18.4 Å². The third-order valence-corrected chi connectivity index (χ3v) is 5.13. The molecular weight excluding hydrogens is 356 g/mol. The quantitative estimate of drug-likeness (QED) is 0.688. The topological polar surface area (TPSA) is 95.7 Å². The van der Waals surface area contributed by atoms with Gasteiger partial charge >= 0.3 is 0 Å². The fourth-order valence-electron chi connectivity index (χ4n) is 3.65. The Hall–Kier alpha value is -2.41. The van der Waals surface area contributed by atoms with Crippen LogP contribution in [0.4, 0.5) is 0 Å². The minimum Gasteiger partial charge on any atom is -0.353 e. The van der Waals surface area contributed by atoms with Gasteiger partial charge in [0.1, 0.15) is 6.04 Å². The van der Waals surface area contributed by atoms with Crippen LogP contribution in [0.1, 0.15) is 32.8 Å². The van der Waals surface area contributed by atoms with Gasteiger partial charge in [0.2, 0.25) is 17.7 Å². The lowest BCUT2D eigenvalue weighted by molar-refractivity contribution is -0.138. The maximum Gasteiger partial charge on any atom is 0.242 e. The SMILES string of the molecule is CC(=O)N1CC(N(CCc2ccccc2)C(=O)C(C)C)CC1C(=O)NCCN. The van der Waals surface area contributed by atoms with Crippen molar-refractivity contribution in [3.63, 3.8) is 0 Å². The summed E-state index contributed by atoms with van der Waals surface area (Å²) in [6.07, 6.45) is 1.18. The molecule has 0 radical (unpaired) electrons. The first kappa shape index (κ1) is 21.9. The fraction of sp³-hybridized carbons (Fsp3) is 0.571. The number of rotatable bonds is 8. The predicted molar refractivity (Wildman–Crippen MR) is 108 cm³/mol. The second-order valence-corrected chi connectivity index (χ2v) is 7.58. The highest BCUT2D eigenvalue weighted by atomic mass is 16.2. The van der Waals surface area contributed by atoms with Crippen molar-refractivity contribution in [3.05, 3.63) is 35.9 Å². The molecule has 0 aromatic heterocycles. The van der Waals surface area contributed by atoms with Crippen LogP contribution in [0.25, 0.3) is 0 Å². The number of hydrogen-bond acceptors (Lipinski definition) is 4. The van der Waals surface area contributed by atoms with Crippen LogP contribution >= 0.6 is 0 Å². The summed E-state index contributed by atoms with van der Waals surface area (Å²) in [5.41, 5.74) is 6.62. The van der Waals surface area contributed by atoms with E-state index in [9.17, 15) is 14.4 Å². The van der Waals surface area contributed by atoms with Crippen molar-refractivity contribution in [3.8, 4) is 0 Å². The van der Waals surface area contributed by atoms with E-state index in [1.54, 1.807) is 4.90 Å². The van der Waals surface area contributed by atoms with E-state index < -0.39 is 6.04 Å². The van der Waals surface area contributed by atoms with E-state index >= 15 is 0 Å². The molecule has 1 saturated heterocycles. The molecule has 1 aliphatic heterocycles. The van der Waals surface area contributed by atoms with Gasteiger partial charge in [-0.2, -0.15) is 0 Å². The van der Waals surface area contributed by atoms with Crippen molar-refractivity contribution < 1.29 is 14.4 Å². The van der Waals surface area contributed by atoms with Crippen LogP contribution in [0.3, 0.4) is 0 Å². The minimum absolute atomic E-state index is 0.0486. The molecule has 1 aliphatic rings. The average Bonchev–Trinajstić information content (AvgIpc) is 3.12. The minimum atomic E-state index is -0.562. The zero-order valence-corrected chi connectivity index (χ0v) is 17.1. The van der Waals surface area contributed by atoms with Crippen LogP contribution in [0, 0.1) is 5.92 Å². The normalized spacial score (nSPS) is 19.0. The maximum atomic E-state index is 12.9. The Labute approximate surface area is 167 Å². The summed E-state index contributed by atoms with van der Waals surface area (Å²) in [5.74, 6) is -0.460. The molecule has 2 atom stereocenters. The molecule has 0 spiro atoms. The number of amides is 3. The second kappa shape index (κ2) is 10.2. The van der Waals surface area contributed by atoms with Crippen molar-refractivity contribution in [2.75, 3.05) is 26.2 Å². The van der Waals surface area contributed by atoms with Crippen molar-refractivity contribution >= 4 is 17.7 Å². The smallest absolute Gasteiger partial charge is 0.242 e. The molecule has 1 aromatic rings. The van der Waals surface area contributed by atoms with Gasteiger partial charge in [0.05, 0.1) is 6.04 Å². The zero-order chi connectivity index (χ0) is 20.7. The van der Waals surface area contributed by atoms with E-state index in [0.29, 0.717) is 32.6 Å². The lowest BCUT2D eigenvalue weighted by Gasteiger charge is -2.30. The van der Waals surface area contributed by atoms with E-state index in [4.69, 9.17) is 5.73 Å². The molecule has 0 saturated carbocycles. The predicted octanol–water partition coefficient (Wildman–Crippen LogP) is 0.778. The molecule has 7 nitrogen and oxygen atoms in total. The summed E-state index contributed by atoms with van der Waals surface area (Å²) in [5, 5.41) is 2.77. The van der Waals surface area contributed by atoms with Crippen LogP contribution in [0.15, 0.2) is 30.3 Å². The summed E-state index contributed by atoms with van der Waals surface area (Å²) in [4.78, 5) is 40.9. The lowest BCUT2D eigenvalue weighted by Crippen LogP contribution is -2.46. The third-order valence-electron chi connectivity index (χ3n) is 5.13. The Kier molecular flexibility index (Phi) is 7.99. The highest BCUT2D eigenvalue weighted by molar-refractivity contribution is 5.88. The number of likely N-dealkylation sites (tertiary alicyclic amines) is 1. The summed E-state index contributed by atoms with van der Waals surface area (Å²) in [7, 11) is 0. The molecular formula is C21H32N4O3. The van der Waals surface area contributed by atoms with Gasteiger partial charge < -0.3 is 20.9 Å². The number of carbonyl (C=O) groups is 3. The molecule has 0 bridgehead atoms. The van der Waals surface area contributed by atoms with E-state index in [1.165, 1.54) is 6.92 Å². The Morgan fingerprint density at radius 2 is 1.93 bits per heavy atom. The first-order valence-corrected chi connectivity index (χ1v) is 9.94. The van der Waals surface area contributed by atoms with Crippen LogP contribution in [0.5, 0.6) is 0 Å². The average molecular weight is 389 g/mol. The summed E-state index contributed by atoms with van der Waals surface area (Å²) in [6, 6.07) is 9.27. The highest BCUT2D eigenvalue weighted by Gasteiger charge is 2.42. The van der Waals surface area contributed by atoms with E-state index in [-0.39, 0.29) is 29.7 Å². The van der Waals surface area contributed by atoms with Gasteiger partial charge in [-0.15, -0.1) is 0 Å². The molecule has 2 rings (SSSR count). The number of nitrogens with one attached hydrogen (secondary N) is 1.